The molecule has 1 aromatic carbocycles. The fourth-order valence-electron chi connectivity index (χ4n) is 3.19. The van der Waals surface area contributed by atoms with Crippen molar-refractivity contribution in [2.75, 3.05) is 31.2 Å². The third-order valence-electron chi connectivity index (χ3n) is 4.58. The SMILES string of the molecule is Cc1cn2c(/C=C\C(=O)c3ccc(N4CCOCC4)cc3)c(C)nc2s1. The lowest BCUT2D eigenvalue weighted by Gasteiger charge is -2.28. The average Bonchev–Trinajstić information content (AvgIpc) is 3.15. The molecule has 0 N–H and O–H groups in total. The smallest absolute Gasteiger partial charge is 0.194 e. The van der Waals surface area contributed by atoms with E-state index in [1.165, 1.54) is 4.88 Å². The molecule has 0 aliphatic carbocycles. The molecule has 0 spiro atoms. The van der Waals surface area contributed by atoms with E-state index >= 15 is 0 Å². The number of fused-ring (bicyclic) bond motifs is 1. The van der Waals surface area contributed by atoms with Crippen LogP contribution in [0, 0.1) is 13.8 Å². The Balaban J connectivity index is 1.52. The maximum Gasteiger partial charge on any atom is 0.194 e. The molecule has 0 unspecified atom stereocenters. The lowest BCUT2D eigenvalue weighted by molar-refractivity contribution is 0.104. The first kappa shape index (κ1) is 17.0. The molecule has 4 rings (SSSR count). The van der Waals surface area contributed by atoms with Crippen LogP contribution in [0.2, 0.25) is 0 Å². The number of ketones is 1. The Bertz CT molecular complexity index is 963. The van der Waals surface area contributed by atoms with Crippen molar-refractivity contribution in [3.05, 3.63) is 58.4 Å². The Morgan fingerprint density at radius 2 is 1.92 bits per heavy atom. The van der Waals surface area contributed by atoms with Crippen molar-refractivity contribution in [1.29, 1.82) is 0 Å². The molecule has 26 heavy (non-hydrogen) atoms. The molecule has 1 aliphatic rings. The van der Waals surface area contributed by atoms with Crippen molar-refractivity contribution in [1.82, 2.24) is 9.38 Å². The van der Waals surface area contributed by atoms with Crippen LogP contribution in [0.4, 0.5) is 5.69 Å². The molecule has 0 bridgehead atoms. The van der Waals surface area contributed by atoms with Crippen LogP contribution >= 0.6 is 11.3 Å². The number of aromatic nitrogens is 2. The minimum atomic E-state index is -0.000158. The molecule has 1 aliphatic heterocycles. The largest absolute Gasteiger partial charge is 0.378 e. The number of rotatable bonds is 4. The zero-order valence-corrected chi connectivity index (χ0v) is 15.8. The zero-order chi connectivity index (χ0) is 18.1. The monoisotopic (exact) mass is 367 g/mol. The molecule has 134 valence electrons. The number of anilines is 1. The number of benzene rings is 1. The molecule has 1 fully saturated rings. The van der Waals surface area contributed by atoms with Crippen molar-refractivity contribution in [3.8, 4) is 0 Å². The average molecular weight is 367 g/mol. The first-order chi connectivity index (χ1) is 12.6. The Morgan fingerprint density at radius 3 is 2.65 bits per heavy atom. The summed E-state index contributed by atoms with van der Waals surface area (Å²) < 4.78 is 7.42. The Labute approximate surface area is 156 Å². The summed E-state index contributed by atoms with van der Waals surface area (Å²) in [4.78, 5) is 21.5. The number of carbonyl (C=O) groups is 1. The topological polar surface area (TPSA) is 46.8 Å². The molecular weight excluding hydrogens is 346 g/mol. The van der Waals surface area contributed by atoms with Crippen LogP contribution in [0.1, 0.15) is 26.6 Å². The fraction of sp³-hybridized carbons (Fsp3) is 0.300. The van der Waals surface area contributed by atoms with Crippen molar-refractivity contribution in [2.45, 2.75) is 13.8 Å². The van der Waals surface area contributed by atoms with E-state index in [0.717, 1.165) is 48.3 Å². The number of hydrogen-bond acceptors (Lipinski definition) is 5. The van der Waals surface area contributed by atoms with Gasteiger partial charge in [0, 0.05) is 35.4 Å². The zero-order valence-electron chi connectivity index (χ0n) is 14.9. The number of thiazole rings is 1. The van der Waals surface area contributed by atoms with Gasteiger partial charge in [0.25, 0.3) is 0 Å². The van der Waals surface area contributed by atoms with Crippen LogP contribution in [0.5, 0.6) is 0 Å². The number of allylic oxidation sites excluding steroid dienone is 1. The first-order valence-electron chi connectivity index (χ1n) is 8.72. The van der Waals surface area contributed by atoms with E-state index in [9.17, 15) is 4.79 Å². The number of aryl methyl sites for hydroxylation is 2. The van der Waals surface area contributed by atoms with Crippen LogP contribution in [-0.2, 0) is 4.74 Å². The Hall–Kier alpha value is -2.44. The van der Waals surface area contributed by atoms with Crippen molar-refractivity contribution >= 4 is 33.8 Å². The molecule has 0 amide bonds. The van der Waals surface area contributed by atoms with Gasteiger partial charge in [0.1, 0.15) is 0 Å². The highest BCUT2D eigenvalue weighted by Gasteiger charge is 2.12. The number of ether oxygens (including phenoxy) is 1. The number of carbonyl (C=O) groups excluding carboxylic acids is 1. The number of morpholine rings is 1. The minimum absolute atomic E-state index is 0.000158. The van der Waals surface area contributed by atoms with Gasteiger partial charge in [-0.05, 0) is 50.3 Å². The van der Waals surface area contributed by atoms with Gasteiger partial charge >= 0.3 is 0 Å². The summed E-state index contributed by atoms with van der Waals surface area (Å²) >= 11 is 1.65. The number of hydrogen-bond donors (Lipinski definition) is 0. The Morgan fingerprint density at radius 1 is 1.19 bits per heavy atom. The molecule has 1 saturated heterocycles. The van der Waals surface area contributed by atoms with Gasteiger partial charge in [0.05, 0.1) is 24.6 Å². The van der Waals surface area contributed by atoms with Gasteiger partial charge in [-0.3, -0.25) is 9.20 Å². The molecule has 0 atom stereocenters. The predicted octanol–water partition coefficient (Wildman–Crippen LogP) is 3.75. The summed E-state index contributed by atoms with van der Waals surface area (Å²) in [5.74, 6) is -0.000158. The molecule has 6 heteroatoms. The summed E-state index contributed by atoms with van der Waals surface area (Å²) in [6.45, 7) is 7.32. The highest BCUT2D eigenvalue weighted by Crippen LogP contribution is 2.22. The van der Waals surface area contributed by atoms with E-state index in [-0.39, 0.29) is 5.78 Å². The third-order valence-corrected chi connectivity index (χ3v) is 5.48. The number of imidazole rings is 1. The summed E-state index contributed by atoms with van der Waals surface area (Å²) in [7, 11) is 0. The third kappa shape index (κ3) is 3.30. The number of nitrogens with zero attached hydrogens (tertiary/aromatic N) is 3. The summed E-state index contributed by atoms with van der Waals surface area (Å²) in [6, 6.07) is 7.81. The molecule has 5 nitrogen and oxygen atoms in total. The van der Waals surface area contributed by atoms with E-state index in [0.29, 0.717) is 5.56 Å². The quantitative estimate of drug-likeness (QED) is 0.520. The molecule has 3 aromatic rings. The van der Waals surface area contributed by atoms with Gasteiger partial charge in [0.2, 0.25) is 0 Å². The minimum Gasteiger partial charge on any atom is -0.378 e. The van der Waals surface area contributed by atoms with Crippen LogP contribution in [0.3, 0.4) is 0 Å². The molecule has 0 saturated carbocycles. The van der Waals surface area contributed by atoms with E-state index in [1.807, 2.05) is 41.7 Å². The summed E-state index contributed by atoms with van der Waals surface area (Å²) in [5.41, 5.74) is 3.72. The molecule has 2 aromatic heterocycles. The molecule has 3 heterocycles. The van der Waals surface area contributed by atoms with Gasteiger partial charge in [-0.15, -0.1) is 11.3 Å². The lowest BCUT2D eigenvalue weighted by Crippen LogP contribution is -2.36. The van der Waals surface area contributed by atoms with Gasteiger partial charge < -0.3 is 9.64 Å². The maximum absolute atomic E-state index is 12.5. The summed E-state index contributed by atoms with van der Waals surface area (Å²) in [5, 5.41) is 0. The van der Waals surface area contributed by atoms with Crippen LogP contribution < -0.4 is 4.90 Å². The molecular formula is C20H21N3O2S. The van der Waals surface area contributed by atoms with Crippen LogP contribution in [0.25, 0.3) is 11.0 Å². The van der Waals surface area contributed by atoms with E-state index in [1.54, 1.807) is 17.4 Å². The van der Waals surface area contributed by atoms with E-state index in [2.05, 4.69) is 23.0 Å². The van der Waals surface area contributed by atoms with Crippen molar-refractivity contribution < 1.29 is 9.53 Å². The lowest BCUT2D eigenvalue weighted by atomic mass is 10.1. The van der Waals surface area contributed by atoms with Crippen LogP contribution in [-0.4, -0.2) is 41.5 Å². The maximum atomic E-state index is 12.5. The second-order valence-corrected chi connectivity index (χ2v) is 7.63. The standard InChI is InChI=1S/C20H21N3O2S/c1-14-13-23-18(15(2)21-20(23)26-14)7-8-19(24)16-3-5-17(6-4-16)22-9-11-25-12-10-22/h3-8,13H,9-12H2,1-2H3/b8-7-. The van der Waals surface area contributed by atoms with Gasteiger partial charge in [-0.1, -0.05) is 0 Å². The van der Waals surface area contributed by atoms with Gasteiger partial charge in [0.15, 0.2) is 10.7 Å². The fourth-order valence-corrected chi connectivity index (χ4v) is 4.07. The van der Waals surface area contributed by atoms with Crippen molar-refractivity contribution in [3.63, 3.8) is 0 Å². The van der Waals surface area contributed by atoms with Crippen LogP contribution in [0.15, 0.2) is 36.5 Å². The van der Waals surface area contributed by atoms with Crippen molar-refractivity contribution in [2.24, 2.45) is 0 Å². The van der Waals surface area contributed by atoms with E-state index in [4.69, 9.17) is 4.74 Å². The van der Waals surface area contributed by atoms with Gasteiger partial charge in [-0.25, -0.2) is 4.98 Å². The van der Waals surface area contributed by atoms with Gasteiger partial charge in [-0.2, -0.15) is 0 Å². The predicted molar refractivity (Wildman–Crippen MR) is 105 cm³/mol. The Kier molecular flexibility index (Phi) is 4.61. The highest BCUT2D eigenvalue weighted by molar-refractivity contribution is 7.17. The van der Waals surface area contributed by atoms with E-state index < -0.39 is 0 Å². The normalized spacial score (nSPS) is 15.2. The molecule has 0 radical (unpaired) electrons. The highest BCUT2D eigenvalue weighted by atomic mass is 32.1. The second kappa shape index (κ2) is 7.05. The second-order valence-electron chi connectivity index (χ2n) is 6.42. The first-order valence-corrected chi connectivity index (χ1v) is 9.54. The summed E-state index contributed by atoms with van der Waals surface area (Å²) in [6.07, 6.45) is 5.55.